The van der Waals surface area contributed by atoms with Crippen molar-refractivity contribution < 1.29 is 0 Å². The summed E-state index contributed by atoms with van der Waals surface area (Å²) in [6, 6.07) is 60.2. The quantitative estimate of drug-likeness (QED) is 0.188. The molecule has 1 aliphatic carbocycles. The third-order valence-corrected chi connectivity index (χ3v) is 10.7. The molecule has 1 aliphatic rings. The standard InChI is InChI=1S/C48H34N4/c1-48(2)40-23-13-11-21-37(40)42-39-30-27-31-15-9-10-20-36(31)43(39)52(44(42)38-22-12-14-24-41(38)48)35-28-25-34(26-29-35)47-50-45(32-16-5-3-6-17-32)49-46(51-47)33-18-7-4-8-19-33/h3-30H,1-2H3. The Bertz CT molecular complexity index is 2740. The zero-order valence-corrected chi connectivity index (χ0v) is 29.0. The van der Waals surface area contributed by atoms with Gasteiger partial charge in [-0.25, -0.2) is 15.0 Å². The third-order valence-electron chi connectivity index (χ3n) is 10.7. The van der Waals surface area contributed by atoms with E-state index in [-0.39, 0.29) is 5.41 Å². The van der Waals surface area contributed by atoms with Gasteiger partial charge in [0, 0.05) is 49.7 Å². The van der Waals surface area contributed by atoms with Crippen LogP contribution in [0.15, 0.2) is 170 Å². The first-order chi connectivity index (χ1) is 25.6. The van der Waals surface area contributed by atoms with Gasteiger partial charge in [-0.1, -0.05) is 159 Å². The number of rotatable bonds is 4. The van der Waals surface area contributed by atoms with Crippen LogP contribution < -0.4 is 0 Å². The lowest BCUT2D eigenvalue weighted by Gasteiger charge is -2.28. The van der Waals surface area contributed by atoms with Crippen LogP contribution >= 0.6 is 0 Å². The van der Waals surface area contributed by atoms with Crippen molar-refractivity contribution in [2.75, 3.05) is 0 Å². The van der Waals surface area contributed by atoms with Gasteiger partial charge < -0.3 is 4.57 Å². The van der Waals surface area contributed by atoms with E-state index < -0.39 is 0 Å². The first kappa shape index (κ1) is 30.2. The van der Waals surface area contributed by atoms with E-state index in [9.17, 15) is 0 Å². The highest BCUT2D eigenvalue weighted by molar-refractivity contribution is 6.17. The van der Waals surface area contributed by atoms with Crippen molar-refractivity contribution in [1.29, 1.82) is 0 Å². The Morgan fingerprint density at radius 2 is 0.923 bits per heavy atom. The fourth-order valence-corrected chi connectivity index (χ4v) is 8.16. The van der Waals surface area contributed by atoms with Crippen LogP contribution in [0.1, 0.15) is 25.0 Å². The van der Waals surface area contributed by atoms with Crippen molar-refractivity contribution >= 4 is 21.7 Å². The highest BCUT2D eigenvalue weighted by Crippen LogP contribution is 2.53. The number of hydrogen-bond donors (Lipinski definition) is 0. The summed E-state index contributed by atoms with van der Waals surface area (Å²) in [5.74, 6) is 1.95. The Labute approximate surface area is 302 Å². The molecule has 7 aromatic carbocycles. The van der Waals surface area contributed by atoms with Gasteiger partial charge in [0.05, 0.1) is 11.2 Å². The Morgan fingerprint density at radius 1 is 0.423 bits per heavy atom. The van der Waals surface area contributed by atoms with E-state index in [2.05, 4.69) is 128 Å². The van der Waals surface area contributed by atoms with Crippen molar-refractivity contribution in [3.05, 3.63) is 181 Å². The van der Waals surface area contributed by atoms with Crippen molar-refractivity contribution in [3.8, 4) is 62.2 Å². The molecule has 0 spiro atoms. The Hall–Kier alpha value is -6.65. The van der Waals surface area contributed by atoms with Crippen molar-refractivity contribution in [2.24, 2.45) is 0 Å². The number of hydrogen-bond acceptors (Lipinski definition) is 3. The van der Waals surface area contributed by atoms with Gasteiger partial charge in [0.25, 0.3) is 0 Å². The van der Waals surface area contributed by atoms with Crippen LogP contribution in [0.25, 0.3) is 83.9 Å². The van der Waals surface area contributed by atoms with Gasteiger partial charge >= 0.3 is 0 Å². The molecule has 2 heterocycles. The SMILES string of the molecule is CC1(C)c2ccccc2-c2c(n(-c3ccc(-c4nc(-c5ccccc5)nc(-c5ccccc5)n4)cc3)c3c2ccc2ccccc23)-c2ccccc21. The van der Waals surface area contributed by atoms with E-state index in [1.165, 1.54) is 55.2 Å². The lowest BCUT2D eigenvalue weighted by atomic mass is 9.75. The molecule has 52 heavy (non-hydrogen) atoms. The molecule has 0 amide bonds. The van der Waals surface area contributed by atoms with E-state index in [4.69, 9.17) is 15.0 Å². The lowest BCUT2D eigenvalue weighted by molar-refractivity contribution is 0.646. The van der Waals surface area contributed by atoms with Gasteiger partial charge in [0.2, 0.25) is 0 Å². The topological polar surface area (TPSA) is 43.6 Å². The fourth-order valence-electron chi connectivity index (χ4n) is 8.16. The van der Waals surface area contributed by atoms with Crippen LogP contribution in [-0.4, -0.2) is 19.5 Å². The smallest absolute Gasteiger partial charge is 0.164 e. The zero-order chi connectivity index (χ0) is 34.8. The van der Waals surface area contributed by atoms with E-state index in [1.54, 1.807) is 0 Å². The predicted molar refractivity (Wildman–Crippen MR) is 213 cm³/mol. The highest BCUT2D eigenvalue weighted by atomic mass is 15.0. The summed E-state index contributed by atoms with van der Waals surface area (Å²) in [5, 5.41) is 3.69. The molecule has 0 atom stereocenters. The Morgan fingerprint density at radius 3 is 1.56 bits per heavy atom. The first-order valence-electron chi connectivity index (χ1n) is 17.8. The molecule has 4 nitrogen and oxygen atoms in total. The number of nitrogens with zero attached hydrogens (tertiary/aromatic N) is 4. The summed E-state index contributed by atoms with van der Waals surface area (Å²) in [6.45, 7) is 4.71. The molecule has 246 valence electrons. The van der Waals surface area contributed by atoms with Gasteiger partial charge in [0.1, 0.15) is 0 Å². The second-order valence-corrected chi connectivity index (χ2v) is 14.0. The van der Waals surface area contributed by atoms with Crippen LogP contribution in [0, 0.1) is 0 Å². The van der Waals surface area contributed by atoms with E-state index in [0.29, 0.717) is 17.5 Å². The molecule has 0 radical (unpaired) electrons. The first-order valence-corrected chi connectivity index (χ1v) is 17.8. The number of aromatic nitrogens is 4. The zero-order valence-electron chi connectivity index (χ0n) is 29.0. The molecule has 0 saturated heterocycles. The van der Waals surface area contributed by atoms with Crippen LogP contribution in [0.4, 0.5) is 0 Å². The summed E-state index contributed by atoms with van der Waals surface area (Å²) in [5.41, 5.74) is 12.6. The molecule has 0 aliphatic heterocycles. The Balaban J connectivity index is 1.24. The normalized spacial score (nSPS) is 13.0. The van der Waals surface area contributed by atoms with Crippen molar-refractivity contribution in [1.82, 2.24) is 19.5 Å². The molecule has 10 rings (SSSR count). The van der Waals surface area contributed by atoms with Crippen molar-refractivity contribution in [2.45, 2.75) is 19.3 Å². The predicted octanol–water partition coefficient (Wildman–Crippen LogP) is 11.9. The fraction of sp³-hybridized carbons (Fsp3) is 0.0625. The molecule has 0 bridgehead atoms. The summed E-state index contributed by atoms with van der Waals surface area (Å²) >= 11 is 0. The van der Waals surface area contributed by atoms with E-state index >= 15 is 0 Å². The lowest BCUT2D eigenvalue weighted by Crippen LogP contribution is -2.20. The molecule has 0 saturated carbocycles. The van der Waals surface area contributed by atoms with Gasteiger partial charge in [-0.15, -0.1) is 0 Å². The maximum atomic E-state index is 5.01. The summed E-state index contributed by atoms with van der Waals surface area (Å²) in [7, 11) is 0. The van der Waals surface area contributed by atoms with Crippen LogP contribution in [0.5, 0.6) is 0 Å². The molecule has 0 N–H and O–H groups in total. The van der Waals surface area contributed by atoms with Crippen LogP contribution in [0.2, 0.25) is 0 Å². The average Bonchev–Trinajstić information content (AvgIpc) is 3.53. The molecular formula is C48H34N4. The molecule has 0 fully saturated rings. The third kappa shape index (κ3) is 4.65. The second-order valence-electron chi connectivity index (χ2n) is 14.0. The summed E-state index contributed by atoms with van der Waals surface area (Å²) in [4.78, 5) is 14.9. The summed E-state index contributed by atoms with van der Waals surface area (Å²) in [6.07, 6.45) is 0. The minimum absolute atomic E-state index is 0.199. The van der Waals surface area contributed by atoms with E-state index in [0.717, 1.165) is 22.4 Å². The van der Waals surface area contributed by atoms with Crippen molar-refractivity contribution in [3.63, 3.8) is 0 Å². The maximum absolute atomic E-state index is 5.01. The number of benzene rings is 7. The van der Waals surface area contributed by atoms with Gasteiger partial charge in [-0.3, -0.25) is 0 Å². The van der Waals surface area contributed by atoms with Crippen LogP contribution in [-0.2, 0) is 5.41 Å². The molecule has 0 unspecified atom stereocenters. The molecular weight excluding hydrogens is 633 g/mol. The minimum atomic E-state index is -0.199. The largest absolute Gasteiger partial charge is 0.308 e. The molecule has 4 heteroatoms. The minimum Gasteiger partial charge on any atom is -0.308 e. The number of fused-ring (bicyclic) bond motifs is 9. The average molecular weight is 667 g/mol. The van der Waals surface area contributed by atoms with E-state index in [1.807, 2.05) is 60.7 Å². The molecule has 9 aromatic rings. The second kappa shape index (κ2) is 11.7. The summed E-state index contributed by atoms with van der Waals surface area (Å²) < 4.78 is 2.49. The van der Waals surface area contributed by atoms with Crippen LogP contribution in [0.3, 0.4) is 0 Å². The van der Waals surface area contributed by atoms with Gasteiger partial charge in [0.15, 0.2) is 17.5 Å². The maximum Gasteiger partial charge on any atom is 0.164 e. The Kier molecular flexibility index (Phi) is 6.80. The van der Waals surface area contributed by atoms with Gasteiger partial charge in [-0.2, -0.15) is 0 Å². The molecule has 2 aromatic heterocycles. The monoisotopic (exact) mass is 666 g/mol. The van der Waals surface area contributed by atoms with Gasteiger partial charge in [-0.05, 0) is 46.3 Å². The highest BCUT2D eigenvalue weighted by Gasteiger charge is 2.36.